The summed E-state index contributed by atoms with van der Waals surface area (Å²) in [5.41, 5.74) is -0.118. The summed E-state index contributed by atoms with van der Waals surface area (Å²) >= 11 is 0. The van der Waals surface area contributed by atoms with Gasteiger partial charge in [-0.2, -0.15) is 0 Å². The van der Waals surface area contributed by atoms with Crippen LogP contribution in [0.3, 0.4) is 0 Å². The van der Waals surface area contributed by atoms with Crippen molar-refractivity contribution in [2.45, 2.75) is 26.2 Å². The van der Waals surface area contributed by atoms with E-state index in [0.717, 1.165) is 25.0 Å². The third-order valence-corrected chi connectivity index (χ3v) is 2.43. The molecular weight excluding hydrogens is 140 g/mol. The van der Waals surface area contributed by atoms with E-state index in [2.05, 4.69) is 6.08 Å². The second-order valence-electron chi connectivity index (χ2n) is 3.38. The van der Waals surface area contributed by atoms with Crippen molar-refractivity contribution in [1.82, 2.24) is 0 Å². The van der Waals surface area contributed by atoms with Gasteiger partial charge in [0.25, 0.3) is 0 Å². The quantitative estimate of drug-likeness (QED) is 0.659. The summed E-state index contributed by atoms with van der Waals surface area (Å²) in [5.74, 6) is 0.950. The number of ether oxygens (including phenoxy) is 1. The van der Waals surface area contributed by atoms with Crippen LogP contribution in [0.1, 0.15) is 26.2 Å². The molecule has 0 spiro atoms. The van der Waals surface area contributed by atoms with Crippen LogP contribution >= 0.6 is 0 Å². The van der Waals surface area contributed by atoms with Crippen molar-refractivity contribution >= 4 is 0 Å². The van der Waals surface area contributed by atoms with Gasteiger partial charge in [0.1, 0.15) is 0 Å². The zero-order valence-electron chi connectivity index (χ0n) is 7.26. The summed E-state index contributed by atoms with van der Waals surface area (Å²) in [4.78, 5) is 0. The average Bonchev–Trinajstić information content (AvgIpc) is 2.05. The highest BCUT2D eigenvalue weighted by Gasteiger charge is 2.31. The number of allylic oxidation sites excluding steroid dienone is 1. The van der Waals surface area contributed by atoms with Gasteiger partial charge in [0.05, 0.1) is 19.5 Å². The molecule has 1 aliphatic rings. The maximum atomic E-state index is 9.13. The van der Waals surface area contributed by atoms with Crippen LogP contribution in [0.25, 0.3) is 0 Å². The van der Waals surface area contributed by atoms with Crippen molar-refractivity contribution < 1.29 is 9.84 Å². The average molecular weight is 156 g/mol. The Balaban J connectivity index is 2.76. The Kier molecular flexibility index (Phi) is 2.55. The predicted molar refractivity (Wildman–Crippen MR) is 44.1 cm³/mol. The Morgan fingerprint density at radius 3 is 2.91 bits per heavy atom. The highest BCUT2D eigenvalue weighted by molar-refractivity contribution is 5.09. The molecule has 0 aliphatic heterocycles. The van der Waals surface area contributed by atoms with Crippen molar-refractivity contribution in [3.05, 3.63) is 11.8 Å². The first-order valence-corrected chi connectivity index (χ1v) is 4.08. The summed E-state index contributed by atoms with van der Waals surface area (Å²) < 4.78 is 5.20. The fraction of sp³-hybridized carbons (Fsp3) is 0.778. The summed E-state index contributed by atoms with van der Waals surface area (Å²) in [6, 6.07) is 0. The van der Waals surface area contributed by atoms with Crippen molar-refractivity contribution in [3.8, 4) is 0 Å². The standard InChI is InChI=1S/C9H16O2/c1-9(7-10)6-4-3-5-8(9)11-2/h5,10H,3-4,6-7H2,1-2H3. The highest BCUT2D eigenvalue weighted by atomic mass is 16.5. The number of methoxy groups -OCH3 is 1. The summed E-state index contributed by atoms with van der Waals surface area (Å²) in [7, 11) is 1.67. The van der Waals surface area contributed by atoms with Crippen LogP contribution in [0.4, 0.5) is 0 Å². The van der Waals surface area contributed by atoms with Gasteiger partial charge in [0.2, 0.25) is 0 Å². The lowest BCUT2D eigenvalue weighted by Crippen LogP contribution is -2.27. The molecule has 0 aromatic rings. The van der Waals surface area contributed by atoms with Crippen LogP contribution in [-0.2, 0) is 4.74 Å². The Bertz CT molecular complexity index is 163. The van der Waals surface area contributed by atoms with Crippen LogP contribution in [0.2, 0.25) is 0 Å². The minimum atomic E-state index is -0.118. The second kappa shape index (κ2) is 3.26. The molecule has 1 atom stereocenters. The molecule has 2 nitrogen and oxygen atoms in total. The van der Waals surface area contributed by atoms with Gasteiger partial charge in [0.15, 0.2) is 0 Å². The molecule has 1 rings (SSSR count). The lowest BCUT2D eigenvalue weighted by atomic mass is 9.80. The van der Waals surface area contributed by atoms with E-state index in [9.17, 15) is 0 Å². The van der Waals surface area contributed by atoms with Gasteiger partial charge in [-0.05, 0) is 25.3 Å². The van der Waals surface area contributed by atoms with Gasteiger partial charge in [-0.25, -0.2) is 0 Å². The van der Waals surface area contributed by atoms with Gasteiger partial charge in [0, 0.05) is 5.41 Å². The van der Waals surface area contributed by atoms with Gasteiger partial charge in [-0.15, -0.1) is 0 Å². The molecule has 1 N–H and O–H groups in total. The number of hydrogen-bond acceptors (Lipinski definition) is 2. The molecule has 0 bridgehead atoms. The number of rotatable bonds is 2. The van der Waals surface area contributed by atoms with Gasteiger partial charge in [-0.3, -0.25) is 0 Å². The first-order chi connectivity index (χ1) is 5.23. The van der Waals surface area contributed by atoms with Crippen LogP contribution in [-0.4, -0.2) is 18.8 Å². The Labute approximate surface area is 67.9 Å². The highest BCUT2D eigenvalue weighted by Crippen LogP contribution is 2.36. The maximum absolute atomic E-state index is 9.13. The lowest BCUT2D eigenvalue weighted by molar-refractivity contribution is 0.0886. The molecule has 0 amide bonds. The first kappa shape index (κ1) is 8.60. The SMILES string of the molecule is COC1=CCCCC1(C)CO. The number of aliphatic hydroxyl groups is 1. The third kappa shape index (κ3) is 1.56. The topological polar surface area (TPSA) is 29.5 Å². The molecule has 0 saturated heterocycles. The molecule has 0 fully saturated rings. The van der Waals surface area contributed by atoms with E-state index in [-0.39, 0.29) is 12.0 Å². The van der Waals surface area contributed by atoms with Crippen LogP contribution in [0.5, 0.6) is 0 Å². The largest absolute Gasteiger partial charge is 0.501 e. The van der Waals surface area contributed by atoms with E-state index in [4.69, 9.17) is 9.84 Å². The number of aliphatic hydroxyl groups excluding tert-OH is 1. The van der Waals surface area contributed by atoms with E-state index >= 15 is 0 Å². The van der Waals surface area contributed by atoms with E-state index in [1.165, 1.54) is 0 Å². The van der Waals surface area contributed by atoms with E-state index < -0.39 is 0 Å². The van der Waals surface area contributed by atoms with Crippen LogP contribution < -0.4 is 0 Å². The van der Waals surface area contributed by atoms with Crippen molar-refractivity contribution in [1.29, 1.82) is 0 Å². The second-order valence-corrected chi connectivity index (χ2v) is 3.38. The normalized spacial score (nSPS) is 31.4. The minimum Gasteiger partial charge on any atom is -0.501 e. The summed E-state index contributed by atoms with van der Waals surface area (Å²) in [6.45, 7) is 2.23. The molecule has 11 heavy (non-hydrogen) atoms. The van der Waals surface area contributed by atoms with Crippen LogP contribution in [0.15, 0.2) is 11.8 Å². The first-order valence-electron chi connectivity index (χ1n) is 4.08. The van der Waals surface area contributed by atoms with Gasteiger partial charge < -0.3 is 9.84 Å². The molecule has 64 valence electrons. The van der Waals surface area contributed by atoms with Crippen molar-refractivity contribution in [2.24, 2.45) is 5.41 Å². The zero-order valence-corrected chi connectivity index (χ0v) is 7.26. The molecule has 0 heterocycles. The molecule has 0 saturated carbocycles. The lowest BCUT2D eigenvalue weighted by Gasteiger charge is -2.32. The molecule has 2 heteroatoms. The smallest absolute Gasteiger partial charge is 0.0997 e. The number of hydrogen-bond donors (Lipinski definition) is 1. The van der Waals surface area contributed by atoms with Gasteiger partial charge >= 0.3 is 0 Å². The van der Waals surface area contributed by atoms with Crippen molar-refractivity contribution in [2.75, 3.05) is 13.7 Å². The van der Waals surface area contributed by atoms with E-state index in [1.54, 1.807) is 7.11 Å². The van der Waals surface area contributed by atoms with E-state index in [0.29, 0.717) is 0 Å². The monoisotopic (exact) mass is 156 g/mol. The zero-order chi connectivity index (χ0) is 8.32. The summed E-state index contributed by atoms with van der Waals surface area (Å²) in [5, 5.41) is 9.13. The minimum absolute atomic E-state index is 0.118. The maximum Gasteiger partial charge on any atom is 0.0997 e. The fourth-order valence-electron chi connectivity index (χ4n) is 1.58. The Hall–Kier alpha value is -0.500. The molecule has 0 aromatic heterocycles. The molecular formula is C9H16O2. The van der Waals surface area contributed by atoms with Gasteiger partial charge in [-0.1, -0.05) is 6.92 Å². The summed E-state index contributed by atoms with van der Waals surface area (Å²) in [6.07, 6.45) is 5.35. The third-order valence-electron chi connectivity index (χ3n) is 2.43. The molecule has 1 unspecified atom stereocenters. The van der Waals surface area contributed by atoms with E-state index in [1.807, 2.05) is 6.92 Å². The predicted octanol–water partition coefficient (Wildman–Crippen LogP) is 1.70. The Morgan fingerprint density at radius 1 is 1.73 bits per heavy atom. The molecule has 0 radical (unpaired) electrons. The van der Waals surface area contributed by atoms with Crippen molar-refractivity contribution in [3.63, 3.8) is 0 Å². The molecule has 1 aliphatic carbocycles. The Morgan fingerprint density at radius 2 is 2.45 bits per heavy atom. The fourth-order valence-corrected chi connectivity index (χ4v) is 1.58. The van der Waals surface area contributed by atoms with Crippen LogP contribution in [0, 0.1) is 5.41 Å². The molecule has 0 aromatic carbocycles.